The van der Waals surface area contributed by atoms with Crippen molar-refractivity contribution in [3.8, 4) is 5.69 Å². The molecule has 2 heterocycles. The molecule has 112 valence electrons. The molecule has 6 heteroatoms. The molecule has 0 saturated heterocycles. The number of rotatable bonds is 5. The molecule has 0 radical (unpaired) electrons. The molecule has 2 N–H and O–H groups in total. The third-order valence-corrected chi connectivity index (χ3v) is 3.99. The highest BCUT2D eigenvalue weighted by molar-refractivity contribution is 7.09. The Kier molecular flexibility index (Phi) is 4.50. The maximum atomic E-state index is 11.7. The third kappa shape index (κ3) is 3.73. The molecule has 0 atom stereocenters. The van der Waals surface area contributed by atoms with Crippen molar-refractivity contribution in [1.29, 1.82) is 0 Å². The second-order valence-corrected chi connectivity index (χ2v) is 5.78. The van der Waals surface area contributed by atoms with E-state index in [0.29, 0.717) is 13.1 Å². The predicted molar refractivity (Wildman–Crippen MR) is 87.0 cm³/mol. The summed E-state index contributed by atoms with van der Waals surface area (Å²) in [6, 6.07) is 13.6. The molecule has 2 aromatic heterocycles. The summed E-state index contributed by atoms with van der Waals surface area (Å²) < 4.78 is 1.79. The Morgan fingerprint density at radius 3 is 2.68 bits per heavy atom. The van der Waals surface area contributed by atoms with Crippen molar-refractivity contribution in [2.45, 2.75) is 13.1 Å². The van der Waals surface area contributed by atoms with Crippen LogP contribution in [0.2, 0.25) is 0 Å². The maximum Gasteiger partial charge on any atom is 0.315 e. The van der Waals surface area contributed by atoms with Crippen LogP contribution < -0.4 is 10.6 Å². The van der Waals surface area contributed by atoms with E-state index in [1.54, 1.807) is 22.2 Å². The quantitative estimate of drug-likeness (QED) is 0.761. The van der Waals surface area contributed by atoms with Crippen molar-refractivity contribution < 1.29 is 4.79 Å². The van der Waals surface area contributed by atoms with Gasteiger partial charge in [0.05, 0.1) is 18.4 Å². The molecule has 0 fully saturated rings. The van der Waals surface area contributed by atoms with E-state index < -0.39 is 0 Å². The van der Waals surface area contributed by atoms with Crippen molar-refractivity contribution in [2.24, 2.45) is 0 Å². The number of carbonyl (C=O) groups excluding carboxylic acids is 1. The Labute approximate surface area is 132 Å². The molecule has 0 saturated carbocycles. The van der Waals surface area contributed by atoms with Crippen LogP contribution in [0.1, 0.15) is 10.4 Å². The minimum atomic E-state index is -0.180. The number of nitrogens with zero attached hydrogens (tertiary/aromatic N) is 2. The summed E-state index contributed by atoms with van der Waals surface area (Å²) in [6.07, 6.45) is 3.67. The van der Waals surface area contributed by atoms with Crippen LogP contribution in [0.5, 0.6) is 0 Å². The van der Waals surface area contributed by atoms with Gasteiger partial charge < -0.3 is 10.6 Å². The first-order valence-electron chi connectivity index (χ1n) is 6.94. The molecule has 0 bridgehead atoms. The molecule has 0 aliphatic carbocycles. The van der Waals surface area contributed by atoms with E-state index in [-0.39, 0.29) is 6.03 Å². The number of amides is 2. The lowest BCUT2D eigenvalue weighted by atomic mass is 10.3. The zero-order chi connectivity index (χ0) is 15.2. The van der Waals surface area contributed by atoms with Gasteiger partial charge in [0, 0.05) is 23.2 Å². The number of carbonyl (C=O) groups is 1. The lowest BCUT2D eigenvalue weighted by Gasteiger charge is -2.05. The molecule has 5 nitrogen and oxygen atoms in total. The van der Waals surface area contributed by atoms with Crippen LogP contribution in [0.3, 0.4) is 0 Å². The fourth-order valence-electron chi connectivity index (χ4n) is 2.00. The van der Waals surface area contributed by atoms with Crippen LogP contribution in [-0.4, -0.2) is 15.8 Å². The van der Waals surface area contributed by atoms with Crippen LogP contribution in [0.15, 0.2) is 60.2 Å². The average molecular weight is 312 g/mol. The number of para-hydroxylation sites is 1. The molecular formula is C16H16N4OS. The van der Waals surface area contributed by atoms with Gasteiger partial charge in [-0.3, -0.25) is 0 Å². The van der Waals surface area contributed by atoms with Gasteiger partial charge in [-0.05, 0) is 23.6 Å². The average Bonchev–Trinajstić information content (AvgIpc) is 3.23. The Balaban J connectivity index is 1.49. The number of aromatic nitrogens is 2. The third-order valence-electron chi connectivity index (χ3n) is 3.11. The van der Waals surface area contributed by atoms with E-state index in [2.05, 4.69) is 15.7 Å². The highest BCUT2D eigenvalue weighted by Gasteiger charge is 2.04. The highest BCUT2D eigenvalue weighted by atomic mass is 32.1. The number of benzene rings is 1. The molecular weight excluding hydrogens is 296 g/mol. The van der Waals surface area contributed by atoms with Crippen molar-refractivity contribution in [3.63, 3.8) is 0 Å². The standard InChI is InChI=1S/C16H16N4OS/c21-16(18-11-15-7-4-8-22-15)17-9-13-10-19-20(12-13)14-5-2-1-3-6-14/h1-8,10,12H,9,11H2,(H2,17,18,21). The molecule has 0 unspecified atom stereocenters. The van der Waals surface area contributed by atoms with Crippen LogP contribution >= 0.6 is 11.3 Å². The smallest absolute Gasteiger partial charge is 0.315 e. The minimum absolute atomic E-state index is 0.180. The van der Waals surface area contributed by atoms with Gasteiger partial charge in [-0.1, -0.05) is 24.3 Å². The first kappa shape index (κ1) is 14.3. The topological polar surface area (TPSA) is 59.0 Å². The normalized spacial score (nSPS) is 10.4. The van der Waals surface area contributed by atoms with Crippen molar-refractivity contribution >= 4 is 17.4 Å². The summed E-state index contributed by atoms with van der Waals surface area (Å²) in [7, 11) is 0. The van der Waals surface area contributed by atoms with Gasteiger partial charge in [-0.2, -0.15) is 5.10 Å². The van der Waals surface area contributed by atoms with Gasteiger partial charge >= 0.3 is 6.03 Å². The van der Waals surface area contributed by atoms with Crippen molar-refractivity contribution in [3.05, 3.63) is 70.7 Å². The molecule has 0 spiro atoms. The molecule has 0 aliphatic heterocycles. The fourth-order valence-corrected chi connectivity index (χ4v) is 2.64. The SMILES string of the molecule is O=C(NCc1cnn(-c2ccccc2)c1)NCc1cccs1. The Bertz CT molecular complexity index is 722. The fraction of sp³-hybridized carbons (Fsp3) is 0.125. The van der Waals surface area contributed by atoms with Crippen molar-refractivity contribution in [1.82, 2.24) is 20.4 Å². The molecule has 3 aromatic rings. The van der Waals surface area contributed by atoms with Crippen LogP contribution in [-0.2, 0) is 13.1 Å². The van der Waals surface area contributed by atoms with Gasteiger partial charge in [0.15, 0.2) is 0 Å². The Hall–Kier alpha value is -2.60. The number of thiophene rings is 1. The zero-order valence-corrected chi connectivity index (χ0v) is 12.7. The van der Waals surface area contributed by atoms with E-state index in [0.717, 1.165) is 16.1 Å². The van der Waals surface area contributed by atoms with E-state index in [1.807, 2.05) is 54.0 Å². The lowest BCUT2D eigenvalue weighted by molar-refractivity contribution is 0.240. The number of urea groups is 1. The van der Waals surface area contributed by atoms with Gasteiger partial charge in [-0.25, -0.2) is 9.48 Å². The predicted octanol–water partition coefficient (Wildman–Crippen LogP) is 2.93. The zero-order valence-electron chi connectivity index (χ0n) is 11.9. The van der Waals surface area contributed by atoms with Crippen LogP contribution in [0, 0.1) is 0 Å². The Morgan fingerprint density at radius 1 is 1.09 bits per heavy atom. The summed E-state index contributed by atoms with van der Waals surface area (Å²) in [6.45, 7) is 0.996. The second kappa shape index (κ2) is 6.91. The summed E-state index contributed by atoms with van der Waals surface area (Å²) in [5, 5.41) is 11.9. The molecule has 0 aliphatic rings. The lowest BCUT2D eigenvalue weighted by Crippen LogP contribution is -2.34. The number of hydrogen-bond acceptors (Lipinski definition) is 3. The number of hydrogen-bond donors (Lipinski definition) is 2. The van der Waals surface area contributed by atoms with Gasteiger partial charge in [0.1, 0.15) is 0 Å². The van der Waals surface area contributed by atoms with E-state index in [4.69, 9.17) is 0 Å². The second-order valence-electron chi connectivity index (χ2n) is 4.74. The first-order chi connectivity index (χ1) is 10.8. The van der Waals surface area contributed by atoms with Gasteiger partial charge in [0.2, 0.25) is 0 Å². The molecule has 22 heavy (non-hydrogen) atoms. The van der Waals surface area contributed by atoms with Gasteiger partial charge in [0.25, 0.3) is 0 Å². The summed E-state index contributed by atoms with van der Waals surface area (Å²) in [4.78, 5) is 12.9. The Morgan fingerprint density at radius 2 is 1.91 bits per heavy atom. The monoisotopic (exact) mass is 312 g/mol. The van der Waals surface area contributed by atoms with Crippen LogP contribution in [0.4, 0.5) is 4.79 Å². The largest absolute Gasteiger partial charge is 0.334 e. The molecule has 2 amide bonds. The van der Waals surface area contributed by atoms with E-state index in [9.17, 15) is 4.79 Å². The van der Waals surface area contributed by atoms with E-state index in [1.165, 1.54) is 0 Å². The summed E-state index contributed by atoms with van der Waals surface area (Å²) >= 11 is 1.62. The van der Waals surface area contributed by atoms with Crippen LogP contribution in [0.25, 0.3) is 5.69 Å². The summed E-state index contributed by atoms with van der Waals surface area (Å²) in [5.74, 6) is 0. The minimum Gasteiger partial charge on any atom is -0.334 e. The maximum absolute atomic E-state index is 11.7. The van der Waals surface area contributed by atoms with Gasteiger partial charge in [-0.15, -0.1) is 11.3 Å². The first-order valence-corrected chi connectivity index (χ1v) is 7.82. The van der Waals surface area contributed by atoms with Crippen molar-refractivity contribution in [2.75, 3.05) is 0 Å². The molecule has 1 aromatic carbocycles. The molecule has 3 rings (SSSR count). The van der Waals surface area contributed by atoms with E-state index >= 15 is 0 Å². The highest BCUT2D eigenvalue weighted by Crippen LogP contribution is 2.08. The number of nitrogens with one attached hydrogen (secondary N) is 2. The summed E-state index contributed by atoms with van der Waals surface area (Å²) in [5.41, 5.74) is 1.95.